The largest absolute Gasteiger partial charge is 0.406 e. The predicted octanol–water partition coefficient (Wildman–Crippen LogP) is 3.48. The van der Waals surface area contributed by atoms with E-state index in [1.54, 1.807) is 0 Å². The van der Waals surface area contributed by atoms with Crippen molar-refractivity contribution in [2.24, 2.45) is 0 Å². The van der Waals surface area contributed by atoms with Crippen molar-refractivity contribution in [1.29, 1.82) is 0 Å². The van der Waals surface area contributed by atoms with Gasteiger partial charge in [0.15, 0.2) is 5.16 Å². The molecule has 3 nitrogen and oxygen atoms in total. The van der Waals surface area contributed by atoms with Crippen molar-refractivity contribution in [2.45, 2.75) is 31.2 Å². The smallest absolute Gasteiger partial charge is 0.299 e. The Hall–Kier alpha value is -1.50. The van der Waals surface area contributed by atoms with Crippen molar-refractivity contribution in [3.05, 3.63) is 41.7 Å². The second-order valence-corrected chi connectivity index (χ2v) is 5.50. The summed E-state index contributed by atoms with van der Waals surface area (Å²) in [5, 5.41) is 7.56. The van der Waals surface area contributed by atoms with Crippen LogP contribution in [0.5, 0.6) is 0 Å². The molecule has 1 heterocycles. The Morgan fingerprint density at radius 1 is 1.20 bits per heavy atom. The van der Waals surface area contributed by atoms with Gasteiger partial charge in [0.1, 0.15) is 12.9 Å². The van der Waals surface area contributed by atoms with Gasteiger partial charge in [0.25, 0.3) is 0 Å². The van der Waals surface area contributed by atoms with E-state index < -0.39 is 12.7 Å². The van der Waals surface area contributed by atoms with Crippen molar-refractivity contribution >= 4 is 11.8 Å². The minimum atomic E-state index is -4.26. The van der Waals surface area contributed by atoms with Crippen LogP contribution in [-0.4, -0.2) is 26.7 Å². The summed E-state index contributed by atoms with van der Waals surface area (Å²) in [6.45, 7) is 0.963. The molecule has 0 atom stereocenters. The average Bonchev–Trinajstić information content (AvgIpc) is 2.77. The Balaban J connectivity index is 1.88. The van der Waals surface area contributed by atoms with Gasteiger partial charge in [0.05, 0.1) is 0 Å². The summed E-state index contributed by atoms with van der Waals surface area (Å²) in [6, 6.07) is 8.09. The molecule has 0 N–H and O–H groups in total. The summed E-state index contributed by atoms with van der Waals surface area (Å²) in [6.07, 6.45) is -2.36. The molecule has 0 bridgehead atoms. The highest BCUT2D eigenvalue weighted by Crippen LogP contribution is 2.22. The van der Waals surface area contributed by atoms with Crippen LogP contribution in [-0.2, 0) is 13.0 Å². The minimum absolute atomic E-state index is 0.300. The van der Waals surface area contributed by atoms with E-state index in [1.165, 1.54) is 17.3 Å². The molecule has 20 heavy (non-hydrogen) atoms. The quantitative estimate of drug-likeness (QED) is 0.792. The van der Waals surface area contributed by atoms with Crippen LogP contribution in [0.4, 0.5) is 13.2 Å². The number of alkyl halides is 3. The van der Waals surface area contributed by atoms with Crippen LogP contribution in [0.3, 0.4) is 0 Å². The van der Waals surface area contributed by atoms with E-state index in [0.29, 0.717) is 10.9 Å². The van der Waals surface area contributed by atoms with Crippen LogP contribution in [0.2, 0.25) is 0 Å². The molecule has 7 heteroatoms. The van der Waals surface area contributed by atoms with Crippen molar-refractivity contribution < 1.29 is 13.2 Å². The van der Waals surface area contributed by atoms with Gasteiger partial charge in [-0.1, -0.05) is 41.6 Å². The summed E-state index contributed by atoms with van der Waals surface area (Å²) in [5.41, 5.74) is 2.34. The van der Waals surface area contributed by atoms with Gasteiger partial charge in [-0.15, -0.1) is 10.2 Å². The predicted molar refractivity (Wildman–Crippen MR) is 71.7 cm³/mol. The molecule has 0 saturated heterocycles. The second kappa shape index (κ2) is 6.30. The molecule has 0 fully saturated rings. The first-order valence-electron chi connectivity index (χ1n) is 6.07. The van der Waals surface area contributed by atoms with Crippen LogP contribution in [0.1, 0.15) is 11.1 Å². The molecule has 2 aromatic rings. The Kier molecular flexibility index (Phi) is 4.69. The number of benzene rings is 1. The van der Waals surface area contributed by atoms with E-state index in [1.807, 2.05) is 31.2 Å². The van der Waals surface area contributed by atoms with Gasteiger partial charge in [-0.25, -0.2) is 0 Å². The summed E-state index contributed by atoms with van der Waals surface area (Å²) < 4.78 is 38.0. The van der Waals surface area contributed by atoms with Crippen molar-refractivity contribution in [3.63, 3.8) is 0 Å². The number of nitrogens with zero attached hydrogens (tertiary/aromatic N) is 3. The molecule has 0 unspecified atom stereocenters. The molecule has 0 amide bonds. The molecule has 0 aliphatic rings. The lowest BCUT2D eigenvalue weighted by Gasteiger charge is -2.09. The lowest BCUT2D eigenvalue weighted by molar-refractivity contribution is -0.142. The summed E-state index contributed by atoms with van der Waals surface area (Å²) in [5.74, 6) is 0.666. The maximum atomic E-state index is 12.3. The maximum Gasteiger partial charge on any atom is 0.406 e. The van der Waals surface area contributed by atoms with Gasteiger partial charge in [-0.2, -0.15) is 13.2 Å². The fourth-order valence-corrected chi connectivity index (χ4v) is 2.58. The Morgan fingerprint density at radius 2 is 1.90 bits per heavy atom. The molecule has 0 radical (unpaired) electrons. The summed E-state index contributed by atoms with van der Waals surface area (Å²) in [7, 11) is 0. The fourth-order valence-electron chi connectivity index (χ4n) is 1.67. The SMILES string of the molecule is Cc1ccc(CCSc2nncn2CC(F)(F)F)cc1. The highest BCUT2D eigenvalue weighted by Gasteiger charge is 2.29. The van der Waals surface area contributed by atoms with Crippen molar-refractivity contribution in [1.82, 2.24) is 14.8 Å². The lowest BCUT2D eigenvalue weighted by Crippen LogP contribution is -2.17. The topological polar surface area (TPSA) is 30.7 Å². The maximum absolute atomic E-state index is 12.3. The monoisotopic (exact) mass is 301 g/mol. The molecular formula is C13H14F3N3S. The number of hydrogen-bond acceptors (Lipinski definition) is 3. The van der Waals surface area contributed by atoms with E-state index in [0.717, 1.165) is 22.9 Å². The van der Waals surface area contributed by atoms with Crippen LogP contribution in [0, 0.1) is 6.92 Å². The molecule has 108 valence electrons. The van der Waals surface area contributed by atoms with Gasteiger partial charge in [0.2, 0.25) is 0 Å². The molecule has 0 saturated carbocycles. The standard InChI is InChI=1S/C13H14F3N3S/c1-10-2-4-11(5-3-10)6-7-20-12-18-17-9-19(12)8-13(14,15)16/h2-5,9H,6-8H2,1H3. The average molecular weight is 301 g/mol. The van der Waals surface area contributed by atoms with Crippen LogP contribution in [0.15, 0.2) is 35.7 Å². The zero-order chi connectivity index (χ0) is 14.6. The number of halogens is 3. The third kappa shape index (κ3) is 4.56. The highest BCUT2D eigenvalue weighted by molar-refractivity contribution is 7.99. The van der Waals surface area contributed by atoms with Crippen LogP contribution in [0.25, 0.3) is 0 Å². The van der Waals surface area contributed by atoms with Gasteiger partial charge in [-0.05, 0) is 18.9 Å². The number of rotatable bonds is 5. The molecule has 1 aromatic heterocycles. The Morgan fingerprint density at radius 3 is 2.55 bits per heavy atom. The minimum Gasteiger partial charge on any atom is -0.299 e. The molecule has 0 spiro atoms. The van der Waals surface area contributed by atoms with E-state index in [9.17, 15) is 13.2 Å². The molecule has 0 aliphatic carbocycles. The molecule has 2 rings (SSSR count). The highest BCUT2D eigenvalue weighted by atomic mass is 32.2. The normalized spacial score (nSPS) is 11.8. The van der Waals surface area contributed by atoms with Crippen LogP contribution < -0.4 is 0 Å². The number of thioether (sulfide) groups is 1. The first kappa shape index (κ1) is 14.9. The van der Waals surface area contributed by atoms with E-state index >= 15 is 0 Å². The van der Waals surface area contributed by atoms with Gasteiger partial charge in [0, 0.05) is 5.75 Å². The van der Waals surface area contributed by atoms with Crippen molar-refractivity contribution in [3.8, 4) is 0 Å². The number of aryl methyl sites for hydroxylation is 2. The first-order chi connectivity index (χ1) is 9.44. The molecule has 1 aromatic carbocycles. The summed E-state index contributed by atoms with van der Waals surface area (Å²) in [4.78, 5) is 0. The third-order valence-electron chi connectivity index (χ3n) is 2.67. The lowest BCUT2D eigenvalue weighted by atomic mass is 10.1. The second-order valence-electron chi connectivity index (χ2n) is 4.44. The van der Waals surface area contributed by atoms with E-state index in [-0.39, 0.29) is 0 Å². The Labute approximate surface area is 119 Å². The van der Waals surface area contributed by atoms with Gasteiger partial charge < -0.3 is 0 Å². The molecular weight excluding hydrogens is 287 g/mol. The fraction of sp³-hybridized carbons (Fsp3) is 0.385. The summed E-state index contributed by atoms with van der Waals surface area (Å²) >= 11 is 1.28. The van der Waals surface area contributed by atoms with Gasteiger partial charge in [-0.3, -0.25) is 4.57 Å². The van der Waals surface area contributed by atoms with Crippen molar-refractivity contribution in [2.75, 3.05) is 5.75 Å². The Bertz CT molecular complexity index is 549. The number of aromatic nitrogens is 3. The molecule has 0 aliphatic heterocycles. The van der Waals surface area contributed by atoms with E-state index in [2.05, 4.69) is 10.2 Å². The van der Waals surface area contributed by atoms with E-state index in [4.69, 9.17) is 0 Å². The third-order valence-corrected chi connectivity index (χ3v) is 3.65. The zero-order valence-corrected chi connectivity index (χ0v) is 11.7. The van der Waals surface area contributed by atoms with Gasteiger partial charge >= 0.3 is 6.18 Å². The van der Waals surface area contributed by atoms with Crippen LogP contribution >= 0.6 is 11.8 Å². The zero-order valence-electron chi connectivity index (χ0n) is 10.9. The first-order valence-corrected chi connectivity index (χ1v) is 7.05. The number of hydrogen-bond donors (Lipinski definition) is 0.